The summed E-state index contributed by atoms with van der Waals surface area (Å²) in [5.74, 6) is 1.23. The standard InChI is InChI=1S/C12H9ClN2OS/c1-6-3-4-16-9(6)11-14-10(13)8-5-7(2)17-12(8)15-11/h3-5H,1-2H3. The zero-order valence-corrected chi connectivity index (χ0v) is 10.9. The minimum Gasteiger partial charge on any atom is -0.461 e. The van der Waals surface area contributed by atoms with Gasteiger partial charge >= 0.3 is 0 Å². The lowest BCUT2D eigenvalue weighted by Crippen LogP contribution is -1.89. The van der Waals surface area contributed by atoms with Gasteiger partial charge in [-0.3, -0.25) is 0 Å². The van der Waals surface area contributed by atoms with Crippen LogP contribution >= 0.6 is 22.9 Å². The van der Waals surface area contributed by atoms with Gasteiger partial charge in [0.1, 0.15) is 9.98 Å². The van der Waals surface area contributed by atoms with E-state index in [1.54, 1.807) is 17.6 Å². The number of nitrogens with zero attached hydrogens (tertiary/aromatic N) is 2. The molecule has 0 spiro atoms. The molecule has 0 radical (unpaired) electrons. The summed E-state index contributed by atoms with van der Waals surface area (Å²) in [5, 5.41) is 1.38. The van der Waals surface area contributed by atoms with Crippen molar-refractivity contribution in [3.05, 3.63) is 34.0 Å². The van der Waals surface area contributed by atoms with Crippen molar-refractivity contribution in [2.45, 2.75) is 13.8 Å². The molecule has 0 atom stereocenters. The van der Waals surface area contributed by atoms with Crippen molar-refractivity contribution in [1.29, 1.82) is 0 Å². The minimum absolute atomic E-state index is 0.477. The Labute approximate surface area is 107 Å². The average Bonchev–Trinajstić information content (AvgIpc) is 2.83. The van der Waals surface area contributed by atoms with Gasteiger partial charge in [0.05, 0.1) is 6.26 Å². The highest BCUT2D eigenvalue weighted by atomic mass is 35.5. The van der Waals surface area contributed by atoms with E-state index in [1.165, 1.54) is 4.88 Å². The van der Waals surface area contributed by atoms with Crippen LogP contribution in [0.3, 0.4) is 0 Å². The molecule has 5 heteroatoms. The molecule has 3 nitrogen and oxygen atoms in total. The van der Waals surface area contributed by atoms with Gasteiger partial charge in [-0.05, 0) is 31.5 Å². The van der Waals surface area contributed by atoms with Crippen LogP contribution < -0.4 is 0 Å². The second-order valence-corrected chi connectivity index (χ2v) is 5.44. The summed E-state index contributed by atoms with van der Waals surface area (Å²) >= 11 is 7.77. The van der Waals surface area contributed by atoms with Gasteiger partial charge in [0, 0.05) is 10.3 Å². The first-order chi connectivity index (χ1) is 8.15. The van der Waals surface area contributed by atoms with E-state index in [0.29, 0.717) is 16.7 Å². The SMILES string of the molecule is Cc1cc2c(Cl)nc(-c3occc3C)nc2s1. The fraction of sp³-hybridized carbons (Fsp3) is 0.167. The molecular weight excluding hydrogens is 256 g/mol. The first-order valence-corrected chi connectivity index (χ1v) is 6.33. The zero-order chi connectivity index (χ0) is 12.0. The number of rotatable bonds is 1. The molecule has 3 rings (SSSR count). The summed E-state index contributed by atoms with van der Waals surface area (Å²) in [5.41, 5.74) is 1.01. The van der Waals surface area contributed by atoms with Crippen LogP contribution in [0.1, 0.15) is 10.4 Å². The van der Waals surface area contributed by atoms with Crippen LogP contribution in [-0.4, -0.2) is 9.97 Å². The van der Waals surface area contributed by atoms with E-state index in [4.69, 9.17) is 16.0 Å². The Hall–Kier alpha value is -1.39. The molecule has 0 bridgehead atoms. The first kappa shape index (κ1) is 10.7. The maximum Gasteiger partial charge on any atom is 0.198 e. The van der Waals surface area contributed by atoms with E-state index in [9.17, 15) is 0 Å². The Balaban J connectivity index is 2.28. The molecule has 3 aromatic rings. The third kappa shape index (κ3) is 1.73. The minimum atomic E-state index is 0.477. The predicted octanol–water partition coefficient (Wildman–Crippen LogP) is 4.22. The fourth-order valence-electron chi connectivity index (χ4n) is 1.71. The molecule has 0 aliphatic heterocycles. The van der Waals surface area contributed by atoms with E-state index in [0.717, 1.165) is 15.8 Å². The number of halogens is 1. The Kier molecular flexibility index (Phi) is 2.42. The summed E-state index contributed by atoms with van der Waals surface area (Å²) in [6.45, 7) is 3.99. The van der Waals surface area contributed by atoms with E-state index in [-0.39, 0.29) is 0 Å². The predicted molar refractivity (Wildman–Crippen MR) is 69.6 cm³/mol. The van der Waals surface area contributed by atoms with Crippen LogP contribution in [0.15, 0.2) is 22.8 Å². The number of aromatic nitrogens is 2. The topological polar surface area (TPSA) is 38.9 Å². The molecule has 0 fully saturated rings. The lowest BCUT2D eigenvalue weighted by Gasteiger charge is -1.99. The Morgan fingerprint density at radius 2 is 2.12 bits per heavy atom. The quantitative estimate of drug-likeness (QED) is 0.618. The smallest absolute Gasteiger partial charge is 0.198 e. The highest BCUT2D eigenvalue weighted by molar-refractivity contribution is 7.18. The van der Waals surface area contributed by atoms with Crippen LogP contribution in [0.25, 0.3) is 21.8 Å². The van der Waals surface area contributed by atoms with Gasteiger partial charge in [-0.2, -0.15) is 0 Å². The summed E-state index contributed by atoms with van der Waals surface area (Å²) < 4.78 is 5.38. The molecule has 0 saturated heterocycles. The van der Waals surface area contributed by atoms with Crippen molar-refractivity contribution in [3.8, 4) is 11.6 Å². The number of furan rings is 1. The van der Waals surface area contributed by atoms with Crippen molar-refractivity contribution >= 4 is 33.2 Å². The summed E-state index contributed by atoms with van der Waals surface area (Å²) in [4.78, 5) is 10.8. The Morgan fingerprint density at radius 3 is 2.82 bits per heavy atom. The zero-order valence-electron chi connectivity index (χ0n) is 9.32. The van der Waals surface area contributed by atoms with Crippen LogP contribution in [0.4, 0.5) is 0 Å². The van der Waals surface area contributed by atoms with Crippen LogP contribution in [0, 0.1) is 13.8 Å². The number of hydrogen-bond acceptors (Lipinski definition) is 4. The average molecular weight is 265 g/mol. The first-order valence-electron chi connectivity index (χ1n) is 5.13. The van der Waals surface area contributed by atoms with Crippen molar-refractivity contribution < 1.29 is 4.42 Å². The number of fused-ring (bicyclic) bond motifs is 1. The number of hydrogen-bond donors (Lipinski definition) is 0. The maximum atomic E-state index is 6.16. The van der Waals surface area contributed by atoms with Gasteiger partial charge in [0.2, 0.25) is 0 Å². The largest absolute Gasteiger partial charge is 0.461 e. The Bertz CT molecular complexity index is 702. The molecule has 0 N–H and O–H groups in total. The molecule has 0 aliphatic rings. The van der Waals surface area contributed by atoms with E-state index in [2.05, 4.69) is 9.97 Å². The van der Waals surface area contributed by atoms with E-state index in [1.807, 2.05) is 26.0 Å². The summed E-state index contributed by atoms with van der Waals surface area (Å²) in [7, 11) is 0. The highest BCUT2D eigenvalue weighted by Crippen LogP contribution is 2.31. The molecule has 3 heterocycles. The van der Waals surface area contributed by atoms with Gasteiger partial charge < -0.3 is 4.42 Å². The van der Waals surface area contributed by atoms with E-state index < -0.39 is 0 Å². The maximum absolute atomic E-state index is 6.16. The molecular formula is C12H9ClN2OS. The summed E-state index contributed by atoms with van der Waals surface area (Å²) in [6, 6.07) is 3.89. The van der Waals surface area contributed by atoms with Crippen molar-refractivity contribution in [2.24, 2.45) is 0 Å². The van der Waals surface area contributed by atoms with Gasteiger partial charge in [-0.15, -0.1) is 11.3 Å². The third-order valence-corrected chi connectivity index (χ3v) is 3.77. The van der Waals surface area contributed by atoms with Crippen LogP contribution in [-0.2, 0) is 0 Å². The molecule has 0 aliphatic carbocycles. The second kappa shape index (κ2) is 3.82. The van der Waals surface area contributed by atoms with Gasteiger partial charge in [-0.25, -0.2) is 9.97 Å². The van der Waals surface area contributed by atoms with Gasteiger partial charge in [0.15, 0.2) is 11.6 Å². The fourth-order valence-corrected chi connectivity index (χ4v) is 2.87. The van der Waals surface area contributed by atoms with Crippen LogP contribution in [0.5, 0.6) is 0 Å². The normalized spacial score (nSPS) is 11.2. The molecule has 0 saturated carbocycles. The molecule has 86 valence electrons. The molecule has 3 aromatic heterocycles. The lowest BCUT2D eigenvalue weighted by molar-refractivity contribution is 0.576. The number of aryl methyl sites for hydroxylation is 2. The van der Waals surface area contributed by atoms with Gasteiger partial charge in [-0.1, -0.05) is 11.6 Å². The second-order valence-electron chi connectivity index (χ2n) is 3.85. The molecule has 0 unspecified atom stereocenters. The highest BCUT2D eigenvalue weighted by Gasteiger charge is 2.13. The van der Waals surface area contributed by atoms with E-state index >= 15 is 0 Å². The third-order valence-electron chi connectivity index (χ3n) is 2.53. The van der Waals surface area contributed by atoms with Crippen LogP contribution in [0.2, 0.25) is 5.15 Å². The molecule has 0 amide bonds. The molecule has 17 heavy (non-hydrogen) atoms. The summed E-state index contributed by atoms with van der Waals surface area (Å²) in [6.07, 6.45) is 1.63. The van der Waals surface area contributed by atoms with Gasteiger partial charge in [0.25, 0.3) is 0 Å². The number of thiophene rings is 1. The molecule has 0 aromatic carbocycles. The van der Waals surface area contributed by atoms with Crippen molar-refractivity contribution in [2.75, 3.05) is 0 Å². The lowest BCUT2D eigenvalue weighted by atomic mass is 10.2. The Morgan fingerprint density at radius 1 is 1.29 bits per heavy atom. The van der Waals surface area contributed by atoms with Crippen molar-refractivity contribution in [3.63, 3.8) is 0 Å². The monoisotopic (exact) mass is 264 g/mol. The van der Waals surface area contributed by atoms with Crippen molar-refractivity contribution in [1.82, 2.24) is 9.97 Å².